The minimum Gasteiger partial charge on any atom is -0.497 e. The van der Waals surface area contributed by atoms with Gasteiger partial charge in [0.1, 0.15) is 11.4 Å². The Kier molecular flexibility index (Phi) is 4.66. The molecular formula is C18H22N6O3. The molecule has 2 aliphatic rings. The fraction of sp³-hybridized carbons (Fsp3) is 0.444. The standard InChI is InChI=1S/C18H22N6O3/c1-27-16-6-4-13(5-7-16)19-18(26)23-11-15(12-23)24-10-14(20-21-24)9-22-8-2-3-17(22)25/h4-7,10,15H,2-3,8-9,11-12H2,1H3,(H,19,26). The number of amides is 3. The summed E-state index contributed by atoms with van der Waals surface area (Å²) < 4.78 is 6.89. The number of rotatable bonds is 5. The molecular weight excluding hydrogens is 348 g/mol. The van der Waals surface area contributed by atoms with Crippen molar-refractivity contribution in [1.82, 2.24) is 24.8 Å². The first-order chi connectivity index (χ1) is 13.1. The average molecular weight is 370 g/mol. The molecule has 142 valence electrons. The molecule has 0 bridgehead atoms. The Bertz CT molecular complexity index is 828. The summed E-state index contributed by atoms with van der Waals surface area (Å²) in [7, 11) is 1.60. The zero-order valence-electron chi connectivity index (χ0n) is 15.2. The third-order valence-corrected chi connectivity index (χ3v) is 4.95. The molecule has 3 heterocycles. The monoisotopic (exact) mass is 370 g/mol. The Morgan fingerprint density at radius 2 is 2.07 bits per heavy atom. The molecule has 2 aromatic rings. The van der Waals surface area contributed by atoms with E-state index in [4.69, 9.17) is 4.74 Å². The molecule has 9 nitrogen and oxygen atoms in total. The third kappa shape index (κ3) is 3.71. The largest absolute Gasteiger partial charge is 0.497 e. The van der Waals surface area contributed by atoms with E-state index in [1.807, 2.05) is 11.1 Å². The van der Waals surface area contributed by atoms with E-state index in [0.717, 1.165) is 30.1 Å². The quantitative estimate of drug-likeness (QED) is 0.861. The van der Waals surface area contributed by atoms with Crippen LogP contribution in [0.4, 0.5) is 10.5 Å². The highest BCUT2D eigenvalue weighted by Crippen LogP contribution is 2.23. The van der Waals surface area contributed by atoms with Gasteiger partial charge >= 0.3 is 6.03 Å². The molecule has 0 aliphatic carbocycles. The number of benzene rings is 1. The lowest BCUT2D eigenvalue weighted by Gasteiger charge is -2.38. The Hall–Kier alpha value is -3.10. The first-order valence-electron chi connectivity index (χ1n) is 9.01. The van der Waals surface area contributed by atoms with Crippen molar-refractivity contribution in [2.24, 2.45) is 0 Å². The highest BCUT2D eigenvalue weighted by molar-refractivity contribution is 5.89. The van der Waals surface area contributed by atoms with Gasteiger partial charge in [0.2, 0.25) is 5.91 Å². The van der Waals surface area contributed by atoms with Gasteiger partial charge in [-0.15, -0.1) is 5.10 Å². The maximum Gasteiger partial charge on any atom is 0.321 e. The van der Waals surface area contributed by atoms with Crippen LogP contribution in [0.3, 0.4) is 0 Å². The molecule has 1 aromatic carbocycles. The van der Waals surface area contributed by atoms with Gasteiger partial charge in [-0.3, -0.25) is 4.79 Å². The van der Waals surface area contributed by atoms with E-state index in [9.17, 15) is 9.59 Å². The van der Waals surface area contributed by atoms with Gasteiger partial charge in [0.05, 0.1) is 25.9 Å². The van der Waals surface area contributed by atoms with Crippen LogP contribution in [-0.2, 0) is 11.3 Å². The van der Waals surface area contributed by atoms with Crippen LogP contribution in [-0.4, -0.2) is 63.5 Å². The molecule has 3 amide bonds. The normalized spacial score (nSPS) is 17.1. The molecule has 4 rings (SSSR count). The van der Waals surface area contributed by atoms with Crippen molar-refractivity contribution in [3.05, 3.63) is 36.2 Å². The van der Waals surface area contributed by atoms with E-state index in [1.54, 1.807) is 41.0 Å². The van der Waals surface area contributed by atoms with Gasteiger partial charge in [-0.05, 0) is 30.7 Å². The fourth-order valence-corrected chi connectivity index (χ4v) is 3.30. The Morgan fingerprint density at radius 3 is 2.74 bits per heavy atom. The first kappa shape index (κ1) is 17.3. The van der Waals surface area contributed by atoms with Crippen molar-refractivity contribution < 1.29 is 14.3 Å². The van der Waals surface area contributed by atoms with Crippen molar-refractivity contribution in [3.8, 4) is 5.75 Å². The van der Waals surface area contributed by atoms with Crippen molar-refractivity contribution in [2.45, 2.75) is 25.4 Å². The molecule has 9 heteroatoms. The highest BCUT2D eigenvalue weighted by Gasteiger charge is 2.33. The van der Waals surface area contributed by atoms with Gasteiger partial charge in [0.15, 0.2) is 0 Å². The lowest BCUT2D eigenvalue weighted by molar-refractivity contribution is -0.128. The van der Waals surface area contributed by atoms with Crippen molar-refractivity contribution >= 4 is 17.6 Å². The second-order valence-electron chi connectivity index (χ2n) is 6.83. The van der Waals surface area contributed by atoms with Crippen LogP contribution < -0.4 is 10.1 Å². The van der Waals surface area contributed by atoms with Gasteiger partial charge in [-0.25, -0.2) is 9.48 Å². The molecule has 2 saturated heterocycles. The molecule has 0 atom stereocenters. The van der Waals surface area contributed by atoms with Crippen LogP contribution in [0.25, 0.3) is 0 Å². The molecule has 2 fully saturated rings. The number of aromatic nitrogens is 3. The van der Waals surface area contributed by atoms with Crippen molar-refractivity contribution in [1.29, 1.82) is 0 Å². The summed E-state index contributed by atoms with van der Waals surface area (Å²) in [4.78, 5) is 27.5. The summed E-state index contributed by atoms with van der Waals surface area (Å²) in [6.07, 6.45) is 3.40. The van der Waals surface area contributed by atoms with Crippen molar-refractivity contribution in [2.75, 3.05) is 32.1 Å². The number of carbonyl (C=O) groups is 2. The van der Waals surface area contributed by atoms with Crippen LogP contribution in [0, 0.1) is 0 Å². The molecule has 2 aliphatic heterocycles. The Balaban J connectivity index is 1.27. The van der Waals surface area contributed by atoms with Crippen LogP contribution in [0.2, 0.25) is 0 Å². The summed E-state index contributed by atoms with van der Waals surface area (Å²) in [5.74, 6) is 0.921. The SMILES string of the molecule is COc1ccc(NC(=O)N2CC(n3cc(CN4CCCC4=O)nn3)C2)cc1. The lowest BCUT2D eigenvalue weighted by atomic mass is 10.1. The summed E-state index contributed by atoms with van der Waals surface area (Å²) in [6, 6.07) is 7.18. The minimum absolute atomic E-state index is 0.113. The number of nitrogens with one attached hydrogen (secondary N) is 1. The average Bonchev–Trinajstić information content (AvgIpc) is 3.24. The second-order valence-corrected chi connectivity index (χ2v) is 6.83. The molecule has 1 N–H and O–H groups in total. The first-order valence-corrected chi connectivity index (χ1v) is 9.01. The van der Waals surface area contributed by atoms with E-state index >= 15 is 0 Å². The summed E-state index contributed by atoms with van der Waals surface area (Å²) in [6.45, 7) is 2.45. The van der Waals surface area contributed by atoms with Crippen LogP contribution in [0.1, 0.15) is 24.6 Å². The lowest BCUT2D eigenvalue weighted by Crippen LogP contribution is -2.52. The smallest absolute Gasteiger partial charge is 0.321 e. The number of urea groups is 1. The van der Waals surface area contributed by atoms with E-state index in [-0.39, 0.29) is 18.0 Å². The topological polar surface area (TPSA) is 92.6 Å². The number of likely N-dealkylation sites (tertiary alicyclic amines) is 2. The fourth-order valence-electron chi connectivity index (χ4n) is 3.30. The predicted molar refractivity (Wildman–Crippen MR) is 97.3 cm³/mol. The van der Waals surface area contributed by atoms with E-state index in [1.165, 1.54) is 0 Å². The molecule has 1 aromatic heterocycles. The number of methoxy groups -OCH3 is 1. The third-order valence-electron chi connectivity index (χ3n) is 4.95. The number of anilines is 1. The van der Waals surface area contributed by atoms with E-state index in [0.29, 0.717) is 26.1 Å². The van der Waals surface area contributed by atoms with Crippen LogP contribution in [0.15, 0.2) is 30.5 Å². The zero-order valence-corrected chi connectivity index (χ0v) is 15.2. The molecule has 0 spiro atoms. The van der Waals surface area contributed by atoms with Crippen molar-refractivity contribution in [3.63, 3.8) is 0 Å². The van der Waals surface area contributed by atoms with Gasteiger partial charge < -0.3 is 19.9 Å². The van der Waals surface area contributed by atoms with Gasteiger partial charge in [-0.1, -0.05) is 5.21 Å². The minimum atomic E-state index is -0.139. The Morgan fingerprint density at radius 1 is 1.30 bits per heavy atom. The summed E-state index contributed by atoms with van der Waals surface area (Å²) >= 11 is 0. The number of carbonyl (C=O) groups excluding carboxylic acids is 2. The summed E-state index contributed by atoms with van der Waals surface area (Å²) in [5, 5.41) is 11.2. The van der Waals surface area contributed by atoms with E-state index < -0.39 is 0 Å². The summed E-state index contributed by atoms with van der Waals surface area (Å²) in [5.41, 5.74) is 1.51. The number of hydrogen-bond donors (Lipinski definition) is 1. The highest BCUT2D eigenvalue weighted by atomic mass is 16.5. The van der Waals surface area contributed by atoms with Gasteiger partial charge in [0.25, 0.3) is 0 Å². The Labute approximate surface area is 156 Å². The van der Waals surface area contributed by atoms with Gasteiger partial charge in [-0.2, -0.15) is 0 Å². The predicted octanol–water partition coefficient (Wildman–Crippen LogP) is 1.50. The molecule has 27 heavy (non-hydrogen) atoms. The number of nitrogens with zero attached hydrogens (tertiary/aromatic N) is 5. The maximum absolute atomic E-state index is 12.3. The van der Waals surface area contributed by atoms with E-state index in [2.05, 4.69) is 15.6 Å². The zero-order chi connectivity index (χ0) is 18.8. The second kappa shape index (κ2) is 7.26. The molecule has 0 saturated carbocycles. The molecule has 0 unspecified atom stereocenters. The van der Waals surface area contributed by atoms with Crippen LogP contribution >= 0.6 is 0 Å². The number of hydrogen-bond acceptors (Lipinski definition) is 5. The number of ether oxygens (including phenoxy) is 1. The van der Waals surface area contributed by atoms with Gasteiger partial charge in [0, 0.05) is 31.7 Å². The maximum atomic E-state index is 12.3. The van der Waals surface area contributed by atoms with Crippen LogP contribution in [0.5, 0.6) is 5.75 Å². The molecule has 0 radical (unpaired) electrons.